The van der Waals surface area contributed by atoms with E-state index in [-0.39, 0.29) is 18.4 Å². The molecule has 3 rings (SSSR count). The van der Waals surface area contributed by atoms with Crippen LogP contribution in [-0.4, -0.2) is 24.9 Å². The first-order chi connectivity index (χ1) is 11.1. The summed E-state index contributed by atoms with van der Waals surface area (Å²) in [4.78, 5) is 25.9. The zero-order valence-electron chi connectivity index (χ0n) is 12.4. The third kappa shape index (κ3) is 3.63. The molecule has 23 heavy (non-hydrogen) atoms. The van der Waals surface area contributed by atoms with E-state index in [2.05, 4.69) is 16.9 Å². The van der Waals surface area contributed by atoms with Crippen LogP contribution in [0.1, 0.15) is 15.9 Å². The highest BCUT2D eigenvalue weighted by Crippen LogP contribution is 2.26. The monoisotopic (exact) mass is 329 g/mol. The number of anilines is 1. The molecule has 5 nitrogen and oxygen atoms in total. The van der Waals surface area contributed by atoms with Crippen LogP contribution in [0.2, 0.25) is 5.02 Å². The summed E-state index contributed by atoms with van der Waals surface area (Å²) >= 11 is 5.77. The van der Waals surface area contributed by atoms with Gasteiger partial charge in [0.1, 0.15) is 0 Å². The number of benzene rings is 2. The lowest BCUT2D eigenvalue weighted by Crippen LogP contribution is -2.46. The van der Waals surface area contributed by atoms with Crippen molar-refractivity contribution >= 4 is 29.1 Å². The van der Waals surface area contributed by atoms with Crippen LogP contribution in [0.3, 0.4) is 0 Å². The van der Waals surface area contributed by atoms with Crippen LogP contribution in [-0.2, 0) is 11.2 Å². The number of halogens is 1. The van der Waals surface area contributed by atoms with Gasteiger partial charge in [-0.25, -0.2) is 0 Å². The Hall–Kier alpha value is -2.53. The van der Waals surface area contributed by atoms with Crippen molar-refractivity contribution in [2.45, 2.75) is 6.42 Å². The number of amides is 2. The van der Waals surface area contributed by atoms with Crippen molar-refractivity contribution in [2.75, 3.05) is 18.0 Å². The van der Waals surface area contributed by atoms with Crippen LogP contribution in [0, 0.1) is 0 Å². The fourth-order valence-corrected chi connectivity index (χ4v) is 2.71. The number of hydrazine groups is 1. The molecule has 0 fully saturated rings. The number of hydrogen-bond acceptors (Lipinski definition) is 3. The van der Waals surface area contributed by atoms with Crippen LogP contribution in [0.15, 0.2) is 48.5 Å². The highest BCUT2D eigenvalue weighted by Gasteiger charge is 2.20. The number of nitrogens with one attached hydrogen (secondary N) is 2. The van der Waals surface area contributed by atoms with Crippen molar-refractivity contribution in [3.63, 3.8) is 0 Å². The van der Waals surface area contributed by atoms with Crippen LogP contribution < -0.4 is 15.8 Å². The minimum Gasteiger partial charge on any atom is -0.362 e. The normalized spacial score (nSPS) is 12.7. The number of carbonyl (C=O) groups excluding carboxylic acids is 2. The maximum atomic E-state index is 12.0. The average Bonchev–Trinajstić information content (AvgIpc) is 2.96. The lowest BCUT2D eigenvalue weighted by Gasteiger charge is -2.18. The molecule has 1 aliphatic rings. The molecule has 0 saturated carbocycles. The Balaban J connectivity index is 1.52. The molecule has 2 N–H and O–H groups in total. The van der Waals surface area contributed by atoms with Crippen LogP contribution >= 0.6 is 11.6 Å². The minimum absolute atomic E-state index is 0.206. The number of hydrogen-bond donors (Lipinski definition) is 2. The zero-order valence-corrected chi connectivity index (χ0v) is 13.1. The highest BCUT2D eigenvalue weighted by molar-refractivity contribution is 6.30. The summed E-state index contributed by atoms with van der Waals surface area (Å²) in [5.74, 6) is -0.638. The Labute approximate surface area is 139 Å². The van der Waals surface area contributed by atoms with E-state index in [1.807, 2.05) is 23.1 Å². The number of rotatable bonds is 3. The number of carbonyl (C=O) groups is 2. The lowest BCUT2D eigenvalue weighted by atomic mass is 10.2. The number of fused-ring (bicyclic) bond motifs is 1. The molecule has 0 spiro atoms. The Bertz CT molecular complexity index is 731. The van der Waals surface area contributed by atoms with E-state index in [0.717, 1.165) is 18.7 Å². The van der Waals surface area contributed by atoms with Gasteiger partial charge in [0.05, 0.1) is 6.54 Å². The van der Waals surface area contributed by atoms with Gasteiger partial charge in [-0.1, -0.05) is 29.8 Å². The van der Waals surface area contributed by atoms with Crippen molar-refractivity contribution in [3.05, 3.63) is 64.7 Å². The van der Waals surface area contributed by atoms with E-state index in [9.17, 15) is 9.59 Å². The predicted molar refractivity (Wildman–Crippen MR) is 89.4 cm³/mol. The molecule has 2 amide bonds. The van der Waals surface area contributed by atoms with Gasteiger partial charge in [-0.2, -0.15) is 0 Å². The summed E-state index contributed by atoms with van der Waals surface area (Å²) in [5, 5.41) is 0.554. The molecule has 0 aliphatic carbocycles. The largest absolute Gasteiger partial charge is 0.362 e. The molecular formula is C17H16ClN3O2. The second kappa shape index (κ2) is 6.71. The fraction of sp³-hybridized carbons (Fsp3) is 0.176. The quantitative estimate of drug-likeness (QED) is 0.848. The molecule has 0 radical (unpaired) electrons. The summed E-state index contributed by atoms with van der Waals surface area (Å²) < 4.78 is 0. The molecule has 118 valence electrons. The highest BCUT2D eigenvalue weighted by atomic mass is 35.5. The Morgan fingerprint density at radius 3 is 2.57 bits per heavy atom. The van der Waals surface area contributed by atoms with Gasteiger partial charge in [-0.3, -0.25) is 20.4 Å². The van der Waals surface area contributed by atoms with E-state index in [1.54, 1.807) is 24.3 Å². The van der Waals surface area contributed by atoms with E-state index < -0.39 is 0 Å². The molecule has 0 unspecified atom stereocenters. The number of nitrogens with zero attached hydrogens (tertiary/aromatic N) is 1. The Kier molecular flexibility index (Phi) is 4.48. The summed E-state index contributed by atoms with van der Waals surface area (Å²) in [7, 11) is 0. The van der Waals surface area contributed by atoms with E-state index in [0.29, 0.717) is 10.6 Å². The minimum atomic E-state index is -0.378. The predicted octanol–water partition coefficient (Wildman–Crippen LogP) is 2.16. The lowest BCUT2D eigenvalue weighted by molar-refractivity contribution is -0.120. The summed E-state index contributed by atoms with van der Waals surface area (Å²) in [6, 6.07) is 14.5. The van der Waals surface area contributed by atoms with Gasteiger partial charge >= 0.3 is 0 Å². The molecule has 2 aromatic rings. The Morgan fingerprint density at radius 1 is 1.04 bits per heavy atom. The van der Waals surface area contributed by atoms with Gasteiger partial charge in [0.2, 0.25) is 0 Å². The van der Waals surface area contributed by atoms with E-state index in [4.69, 9.17) is 11.6 Å². The van der Waals surface area contributed by atoms with Crippen molar-refractivity contribution in [3.8, 4) is 0 Å². The summed E-state index contributed by atoms with van der Waals surface area (Å²) in [6.07, 6.45) is 0.931. The molecule has 1 aliphatic heterocycles. The smallest absolute Gasteiger partial charge is 0.269 e. The third-order valence-corrected chi connectivity index (χ3v) is 3.99. The average molecular weight is 330 g/mol. The first-order valence-corrected chi connectivity index (χ1v) is 7.69. The van der Waals surface area contributed by atoms with Crippen molar-refractivity contribution in [1.82, 2.24) is 10.9 Å². The summed E-state index contributed by atoms with van der Waals surface area (Å²) in [6.45, 7) is 1.01. The molecule has 1 heterocycles. The molecule has 0 atom stereocenters. The van der Waals surface area contributed by atoms with Gasteiger partial charge in [0.25, 0.3) is 11.8 Å². The second-order valence-corrected chi connectivity index (χ2v) is 5.75. The third-order valence-electron chi connectivity index (χ3n) is 3.74. The van der Waals surface area contributed by atoms with E-state index >= 15 is 0 Å². The van der Waals surface area contributed by atoms with Crippen LogP contribution in [0.5, 0.6) is 0 Å². The summed E-state index contributed by atoms with van der Waals surface area (Å²) in [5.41, 5.74) is 7.60. The van der Waals surface area contributed by atoms with Gasteiger partial charge in [0, 0.05) is 22.8 Å². The molecule has 0 aromatic heterocycles. The first-order valence-electron chi connectivity index (χ1n) is 7.31. The van der Waals surface area contributed by atoms with Gasteiger partial charge in [0.15, 0.2) is 0 Å². The Morgan fingerprint density at radius 2 is 1.78 bits per heavy atom. The fourth-order valence-electron chi connectivity index (χ4n) is 2.58. The zero-order chi connectivity index (χ0) is 16.2. The molecular weight excluding hydrogens is 314 g/mol. The van der Waals surface area contributed by atoms with Gasteiger partial charge < -0.3 is 4.90 Å². The molecule has 0 saturated heterocycles. The molecule has 0 bridgehead atoms. The molecule has 2 aromatic carbocycles. The second-order valence-electron chi connectivity index (χ2n) is 5.31. The van der Waals surface area contributed by atoms with Crippen LogP contribution in [0.4, 0.5) is 5.69 Å². The van der Waals surface area contributed by atoms with Crippen molar-refractivity contribution in [2.24, 2.45) is 0 Å². The van der Waals surface area contributed by atoms with Crippen LogP contribution in [0.25, 0.3) is 0 Å². The van der Waals surface area contributed by atoms with Gasteiger partial charge in [-0.15, -0.1) is 0 Å². The molecule has 6 heteroatoms. The maximum Gasteiger partial charge on any atom is 0.269 e. The topological polar surface area (TPSA) is 61.4 Å². The first kappa shape index (κ1) is 15.4. The van der Waals surface area contributed by atoms with Crippen molar-refractivity contribution < 1.29 is 9.59 Å². The van der Waals surface area contributed by atoms with Gasteiger partial charge in [-0.05, 0) is 42.3 Å². The standard InChI is InChI=1S/C17H16ClN3O2/c18-14-7-5-13(6-8-14)17(23)20-19-16(22)11-21-10-9-12-3-1-2-4-15(12)21/h1-8H,9-11H2,(H,19,22)(H,20,23). The SMILES string of the molecule is O=C(CN1CCc2ccccc21)NNC(=O)c1ccc(Cl)cc1. The number of para-hydroxylation sites is 1. The van der Waals surface area contributed by atoms with Crippen molar-refractivity contribution in [1.29, 1.82) is 0 Å². The maximum absolute atomic E-state index is 12.0. The van der Waals surface area contributed by atoms with E-state index in [1.165, 1.54) is 5.56 Å².